The summed E-state index contributed by atoms with van der Waals surface area (Å²) < 4.78 is 0. The maximum Gasteiger partial charge on any atom is 0.226 e. The molecule has 2 aromatic rings. The highest BCUT2D eigenvalue weighted by Gasteiger charge is 2.34. The molecule has 1 heterocycles. The van der Waals surface area contributed by atoms with Crippen molar-refractivity contribution in [1.29, 1.82) is 0 Å². The van der Waals surface area contributed by atoms with Crippen LogP contribution in [-0.2, 0) is 4.79 Å². The van der Waals surface area contributed by atoms with Crippen molar-refractivity contribution in [2.45, 2.75) is 38.8 Å². The SMILES string of the molecule is CCC(=O)N(c1ccccc1)[C@H]1CCN(CC(O)c2ccccc2)C[C@@H]1C.Cl. The van der Waals surface area contributed by atoms with E-state index in [1.165, 1.54) is 0 Å². The number of likely N-dealkylation sites (tertiary alicyclic amines) is 1. The number of piperidine rings is 1. The second-order valence-electron chi connectivity index (χ2n) is 7.47. The van der Waals surface area contributed by atoms with Gasteiger partial charge in [-0.1, -0.05) is 62.4 Å². The Morgan fingerprint density at radius 2 is 1.75 bits per heavy atom. The van der Waals surface area contributed by atoms with Gasteiger partial charge in [0.1, 0.15) is 0 Å². The maximum absolute atomic E-state index is 12.7. The summed E-state index contributed by atoms with van der Waals surface area (Å²) in [5, 5.41) is 10.5. The molecule has 2 aromatic carbocycles. The number of hydrogen-bond donors (Lipinski definition) is 1. The summed E-state index contributed by atoms with van der Waals surface area (Å²) in [6, 6.07) is 20.0. The van der Waals surface area contributed by atoms with Crippen molar-refractivity contribution in [2.75, 3.05) is 24.5 Å². The molecule has 0 radical (unpaired) electrons. The highest BCUT2D eigenvalue weighted by molar-refractivity contribution is 5.93. The lowest BCUT2D eigenvalue weighted by Gasteiger charge is -2.43. The van der Waals surface area contributed by atoms with E-state index >= 15 is 0 Å². The third kappa shape index (κ3) is 5.34. The lowest BCUT2D eigenvalue weighted by Crippen LogP contribution is -2.52. The Balaban J connectivity index is 0.00000280. The van der Waals surface area contributed by atoms with Crippen LogP contribution >= 0.6 is 12.4 Å². The van der Waals surface area contributed by atoms with E-state index in [0.29, 0.717) is 18.9 Å². The van der Waals surface area contributed by atoms with Crippen LogP contribution in [0.15, 0.2) is 60.7 Å². The Morgan fingerprint density at radius 3 is 2.32 bits per heavy atom. The van der Waals surface area contributed by atoms with E-state index < -0.39 is 6.10 Å². The van der Waals surface area contributed by atoms with E-state index in [4.69, 9.17) is 0 Å². The van der Waals surface area contributed by atoms with Crippen LogP contribution in [0.2, 0.25) is 0 Å². The quantitative estimate of drug-likeness (QED) is 0.783. The first kappa shape index (κ1) is 22.4. The zero-order valence-electron chi connectivity index (χ0n) is 16.7. The molecule has 28 heavy (non-hydrogen) atoms. The number of benzene rings is 2. The maximum atomic E-state index is 12.7. The zero-order valence-corrected chi connectivity index (χ0v) is 17.5. The predicted molar refractivity (Wildman–Crippen MR) is 117 cm³/mol. The van der Waals surface area contributed by atoms with Crippen LogP contribution in [0, 0.1) is 5.92 Å². The molecule has 1 aliphatic heterocycles. The molecular weight excluding hydrogens is 372 g/mol. The number of amides is 1. The van der Waals surface area contributed by atoms with Crippen molar-refractivity contribution < 1.29 is 9.90 Å². The third-order valence-corrected chi connectivity index (χ3v) is 5.50. The van der Waals surface area contributed by atoms with E-state index in [0.717, 1.165) is 30.8 Å². The van der Waals surface area contributed by atoms with E-state index in [-0.39, 0.29) is 24.4 Å². The summed E-state index contributed by atoms with van der Waals surface area (Å²) in [5.41, 5.74) is 1.94. The fourth-order valence-electron chi connectivity index (χ4n) is 4.07. The summed E-state index contributed by atoms with van der Waals surface area (Å²) in [4.78, 5) is 17.0. The number of hydrogen-bond acceptors (Lipinski definition) is 3. The van der Waals surface area contributed by atoms with Gasteiger partial charge in [0.2, 0.25) is 5.91 Å². The highest BCUT2D eigenvalue weighted by atomic mass is 35.5. The van der Waals surface area contributed by atoms with Crippen LogP contribution in [0.3, 0.4) is 0 Å². The lowest BCUT2D eigenvalue weighted by atomic mass is 9.91. The molecule has 1 unspecified atom stereocenters. The fraction of sp³-hybridized carbons (Fsp3) is 0.435. The average Bonchev–Trinajstić information content (AvgIpc) is 2.71. The van der Waals surface area contributed by atoms with Gasteiger partial charge in [-0.25, -0.2) is 0 Å². The Bertz CT molecular complexity index is 726. The largest absolute Gasteiger partial charge is 0.387 e. The number of aliphatic hydroxyl groups excluding tert-OH is 1. The summed E-state index contributed by atoms with van der Waals surface area (Å²) in [5.74, 6) is 0.522. The molecule has 0 spiro atoms. The minimum Gasteiger partial charge on any atom is -0.387 e. The molecule has 1 saturated heterocycles. The first-order valence-electron chi connectivity index (χ1n) is 9.92. The molecule has 0 aliphatic carbocycles. The summed E-state index contributed by atoms with van der Waals surface area (Å²) in [6.45, 7) is 6.54. The molecule has 0 saturated carbocycles. The first-order chi connectivity index (χ1) is 13.1. The van der Waals surface area contributed by atoms with Gasteiger partial charge in [0, 0.05) is 37.8 Å². The van der Waals surface area contributed by atoms with Gasteiger partial charge in [-0.05, 0) is 30.0 Å². The Hall–Kier alpha value is -1.88. The van der Waals surface area contributed by atoms with E-state index in [1.807, 2.05) is 72.5 Å². The van der Waals surface area contributed by atoms with Gasteiger partial charge in [-0.15, -0.1) is 12.4 Å². The number of carbonyl (C=O) groups is 1. The topological polar surface area (TPSA) is 43.8 Å². The summed E-state index contributed by atoms with van der Waals surface area (Å²) in [7, 11) is 0. The number of rotatable bonds is 6. The molecule has 3 atom stereocenters. The molecule has 0 aromatic heterocycles. The van der Waals surface area contributed by atoms with Gasteiger partial charge in [0.25, 0.3) is 0 Å². The molecule has 1 fully saturated rings. The molecular formula is C23H31ClN2O2. The smallest absolute Gasteiger partial charge is 0.226 e. The zero-order chi connectivity index (χ0) is 19.2. The summed E-state index contributed by atoms with van der Waals surface area (Å²) in [6.07, 6.45) is 0.954. The van der Waals surface area contributed by atoms with Crippen molar-refractivity contribution in [3.63, 3.8) is 0 Å². The standard InChI is InChI=1S/C23H30N2O2.ClH/c1-3-23(27)25(20-12-8-5-9-13-20)21-14-15-24(16-18(21)2)17-22(26)19-10-6-4-7-11-19;/h4-13,18,21-22,26H,3,14-17H2,1-2H3;1H/t18-,21-,22?;/m0./s1. The predicted octanol–water partition coefficient (Wildman–Crippen LogP) is 4.30. The van der Waals surface area contributed by atoms with Crippen molar-refractivity contribution in [3.05, 3.63) is 66.2 Å². The third-order valence-electron chi connectivity index (χ3n) is 5.50. The van der Waals surface area contributed by atoms with Gasteiger partial charge in [-0.3, -0.25) is 9.69 Å². The van der Waals surface area contributed by atoms with Gasteiger partial charge < -0.3 is 10.0 Å². The minimum absolute atomic E-state index is 0. The number of para-hydroxylation sites is 1. The molecule has 1 amide bonds. The number of anilines is 1. The van der Waals surface area contributed by atoms with E-state index in [2.05, 4.69) is 11.8 Å². The Labute approximate surface area is 174 Å². The van der Waals surface area contributed by atoms with Gasteiger partial charge in [-0.2, -0.15) is 0 Å². The number of carbonyl (C=O) groups excluding carboxylic acids is 1. The molecule has 1 aliphatic rings. The number of nitrogens with zero attached hydrogens (tertiary/aromatic N) is 2. The molecule has 1 N–H and O–H groups in total. The normalized spacial score (nSPS) is 20.8. The first-order valence-corrected chi connectivity index (χ1v) is 9.92. The van der Waals surface area contributed by atoms with Crippen molar-refractivity contribution in [1.82, 2.24) is 4.90 Å². The minimum atomic E-state index is -0.475. The number of aliphatic hydroxyl groups is 1. The van der Waals surface area contributed by atoms with Gasteiger partial charge >= 0.3 is 0 Å². The van der Waals surface area contributed by atoms with Crippen LogP contribution in [-0.4, -0.2) is 41.6 Å². The van der Waals surface area contributed by atoms with Crippen LogP contribution in [0.4, 0.5) is 5.69 Å². The Kier molecular flexibility index (Phi) is 8.49. The monoisotopic (exact) mass is 402 g/mol. The van der Waals surface area contributed by atoms with Crippen molar-refractivity contribution >= 4 is 24.0 Å². The second-order valence-corrected chi connectivity index (χ2v) is 7.47. The second kappa shape index (κ2) is 10.6. The van der Waals surface area contributed by atoms with E-state index in [9.17, 15) is 9.90 Å². The molecule has 152 valence electrons. The fourth-order valence-corrected chi connectivity index (χ4v) is 4.07. The van der Waals surface area contributed by atoms with Gasteiger partial charge in [0.05, 0.1) is 6.10 Å². The molecule has 3 rings (SSSR count). The van der Waals surface area contributed by atoms with Crippen LogP contribution in [0.25, 0.3) is 0 Å². The van der Waals surface area contributed by atoms with Crippen molar-refractivity contribution in [3.8, 4) is 0 Å². The van der Waals surface area contributed by atoms with Crippen LogP contribution in [0.5, 0.6) is 0 Å². The lowest BCUT2D eigenvalue weighted by molar-refractivity contribution is -0.119. The van der Waals surface area contributed by atoms with E-state index in [1.54, 1.807) is 0 Å². The molecule has 5 heteroatoms. The highest BCUT2D eigenvalue weighted by Crippen LogP contribution is 2.29. The number of β-amino-alcohol motifs (C(OH)–C–C–N with tert-alkyl or cyclic N) is 1. The van der Waals surface area contributed by atoms with Crippen molar-refractivity contribution in [2.24, 2.45) is 5.92 Å². The summed E-state index contributed by atoms with van der Waals surface area (Å²) >= 11 is 0. The number of halogens is 1. The Morgan fingerprint density at radius 1 is 1.14 bits per heavy atom. The average molecular weight is 403 g/mol. The molecule has 0 bridgehead atoms. The van der Waals surface area contributed by atoms with Gasteiger partial charge in [0.15, 0.2) is 0 Å². The van der Waals surface area contributed by atoms with Crippen LogP contribution in [0.1, 0.15) is 38.4 Å². The molecule has 4 nitrogen and oxygen atoms in total. The van der Waals surface area contributed by atoms with Crippen LogP contribution < -0.4 is 4.90 Å².